The summed E-state index contributed by atoms with van der Waals surface area (Å²) in [6.45, 7) is 4.02. The van der Waals surface area contributed by atoms with Crippen molar-refractivity contribution >= 4 is 5.97 Å². The summed E-state index contributed by atoms with van der Waals surface area (Å²) in [4.78, 5) is 10.7. The van der Waals surface area contributed by atoms with Crippen LogP contribution >= 0.6 is 0 Å². The van der Waals surface area contributed by atoms with E-state index in [1.54, 1.807) is 0 Å². The fourth-order valence-electron chi connectivity index (χ4n) is 4.37. The van der Waals surface area contributed by atoms with Crippen LogP contribution in [0.4, 0.5) is 0 Å². The highest BCUT2D eigenvalue weighted by molar-refractivity contribution is 5.66. The molecule has 2 aliphatic rings. The Bertz CT molecular complexity index is 610. The van der Waals surface area contributed by atoms with Crippen LogP contribution in [0.3, 0.4) is 0 Å². The van der Waals surface area contributed by atoms with Crippen LogP contribution in [0.25, 0.3) is 0 Å². The molecule has 0 bridgehead atoms. The Kier molecular flexibility index (Phi) is 8.60. The molecule has 1 fully saturated rings. The average molecular weight is 375 g/mol. The van der Waals surface area contributed by atoms with Gasteiger partial charge in [0.25, 0.3) is 0 Å². The molecule has 4 heteroatoms. The fourth-order valence-corrected chi connectivity index (χ4v) is 4.37. The van der Waals surface area contributed by atoms with Crippen molar-refractivity contribution in [3.63, 3.8) is 0 Å². The van der Waals surface area contributed by atoms with Crippen molar-refractivity contribution in [2.24, 2.45) is 23.7 Å². The molecular weight excluding hydrogens is 340 g/mol. The van der Waals surface area contributed by atoms with Crippen LogP contribution in [0, 0.1) is 35.5 Å². The van der Waals surface area contributed by atoms with Crippen LogP contribution in [0.15, 0.2) is 23.8 Å². The van der Waals surface area contributed by atoms with Crippen LogP contribution in [0.2, 0.25) is 0 Å². The lowest BCUT2D eigenvalue weighted by Gasteiger charge is -2.28. The number of carboxylic acid groups (broad SMARTS) is 1. The molecule has 6 atom stereocenters. The second-order valence-corrected chi connectivity index (χ2v) is 8.08. The summed E-state index contributed by atoms with van der Waals surface area (Å²) in [5.74, 6) is 6.35. The predicted molar refractivity (Wildman–Crippen MR) is 107 cm³/mol. The second-order valence-electron chi connectivity index (χ2n) is 8.08. The summed E-state index contributed by atoms with van der Waals surface area (Å²) in [6.07, 6.45) is 11.3. The molecule has 1 saturated carbocycles. The highest BCUT2D eigenvalue weighted by atomic mass is 16.4. The molecule has 0 spiro atoms. The lowest BCUT2D eigenvalue weighted by atomic mass is 9.78. The largest absolute Gasteiger partial charge is 0.481 e. The highest BCUT2D eigenvalue weighted by Gasteiger charge is 2.41. The van der Waals surface area contributed by atoms with E-state index in [0.29, 0.717) is 24.7 Å². The summed E-state index contributed by atoms with van der Waals surface area (Å²) >= 11 is 0. The summed E-state index contributed by atoms with van der Waals surface area (Å²) in [5, 5.41) is 29.6. The maximum atomic E-state index is 10.7. The standard InChI is InChI=1S/C23H34O4/c1-3-4-5-7-16(2)21(24)13-12-20-19-11-10-17(8-6-9-23(26)27)14-18(19)15-22(20)25/h12-14,16,18-22,24-25H,3,6-11,15H2,1-2H3,(H,26,27)/b13-12-/t16?,18-,19+,20+,21?,22+/m1/s1. The van der Waals surface area contributed by atoms with E-state index in [1.165, 1.54) is 5.57 Å². The van der Waals surface area contributed by atoms with Crippen LogP contribution in [-0.2, 0) is 4.79 Å². The number of aliphatic carboxylic acids is 1. The Balaban J connectivity index is 1.90. The maximum absolute atomic E-state index is 10.7. The Morgan fingerprint density at radius 3 is 2.89 bits per heavy atom. The van der Waals surface area contributed by atoms with Gasteiger partial charge < -0.3 is 15.3 Å². The molecule has 3 N–H and O–H groups in total. The Morgan fingerprint density at radius 1 is 1.41 bits per heavy atom. The zero-order valence-electron chi connectivity index (χ0n) is 16.6. The topological polar surface area (TPSA) is 77.8 Å². The smallest absolute Gasteiger partial charge is 0.303 e. The van der Waals surface area contributed by atoms with Gasteiger partial charge in [-0.05, 0) is 49.9 Å². The van der Waals surface area contributed by atoms with Crippen LogP contribution < -0.4 is 0 Å². The van der Waals surface area contributed by atoms with Crippen LogP contribution in [0.5, 0.6) is 0 Å². The lowest BCUT2D eigenvalue weighted by Crippen LogP contribution is -2.22. The number of aliphatic hydroxyl groups is 2. The number of aliphatic hydroxyl groups excluding tert-OH is 2. The molecule has 0 amide bonds. The lowest BCUT2D eigenvalue weighted by molar-refractivity contribution is -0.137. The Labute approximate surface area is 163 Å². The molecule has 2 aliphatic carbocycles. The number of allylic oxidation sites excluding steroid dienone is 2. The van der Waals surface area contributed by atoms with E-state index in [4.69, 9.17) is 5.11 Å². The molecule has 0 heterocycles. The van der Waals surface area contributed by atoms with E-state index >= 15 is 0 Å². The molecule has 0 aromatic rings. The van der Waals surface area contributed by atoms with Gasteiger partial charge in [-0.15, -0.1) is 11.8 Å². The summed E-state index contributed by atoms with van der Waals surface area (Å²) < 4.78 is 0. The van der Waals surface area contributed by atoms with Gasteiger partial charge in [-0.25, -0.2) is 0 Å². The van der Waals surface area contributed by atoms with Gasteiger partial charge in [0.2, 0.25) is 0 Å². The van der Waals surface area contributed by atoms with E-state index < -0.39 is 12.1 Å². The number of hydrogen-bond donors (Lipinski definition) is 3. The zero-order chi connectivity index (χ0) is 19.8. The molecule has 0 aromatic heterocycles. The minimum Gasteiger partial charge on any atom is -0.481 e. The third kappa shape index (κ3) is 6.52. The van der Waals surface area contributed by atoms with Crippen molar-refractivity contribution in [1.82, 2.24) is 0 Å². The van der Waals surface area contributed by atoms with Gasteiger partial charge in [0.1, 0.15) is 0 Å². The summed E-state index contributed by atoms with van der Waals surface area (Å²) in [7, 11) is 0. The molecular formula is C23H34O4. The van der Waals surface area contributed by atoms with E-state index in [-0.39, 0.29) is 24.4 Å². The molecule has 27 heavy (non-hydrogen) atoms. The van der Waals surface area contributed by atoms with Gasteiger partial charge in [-0.3, -0.25) is 4.79 Å². The third-order valence-electron chi connectivity index (χ3n) is 5.98. The van der Waals surface area contributed by atoms with Crippen molar-refractivity contribution < 1.29 is 20.1 Å². The quantitative estimate of drug-likeness (QED) is 0.444. The molecule has 2 unspecified atom stereocenters. The van der Waals surface area contributed by atoms with Crippen molar-refractivity contribution in [2.75, 3.05) is 0 Å². The highest BCUT2D eigenvalue weighted by Crippen LogP contribution is 2.46. The van der Waals surface area contributed by atoms with Gasteiger partial charge in [-0.1, -0.05) is 37.6 Å². The predicted octanol–water partition coefficient (Wildman–Crippen LogP) is 3.93. The van der Waals surface area contributed by atoms with Gasteiger partial charge in [0, 0.05) is 25.2 Å². The van der Waals surface area contributed by atoms with E-state index in [9.17, 15) is 15.0 Å². The number of carboxylic acids is 1. The molecule has 0 aromatic carbocycles. The van der Waals surface area contributed by atoms with Crippen molar-refractivity contribution in [1.29, 1.82) is 0 Å². The first kappa shape index (κ1) is 21.7. The minimum absolute atomic E-state index is 0.0849. The molecule has 0 aliphatic heterocycles. The summed E-state index contributed by atoms with van der Waals surface area (Å²) in [6, 6.07) is 0. The first-order chi connectivity index (χ1) is 12.9. The number of fused-ring (bicyclic) bond motifs is 1. The van der Waals surface area contributed by atoms with Gasteiger partial charge >= 0.3 is 5.97 Å². The third-order valence-corrected chi connectivity index (χ3v) is 5.98. The Morgan fingerprint density at radius 2 is 2.19 bits per heavy atom. The second kappa shape index (κ2) is 10.7. The number of carbonyl (C=O) groups is 1. The minimum atomic E-state index is -0.737. The fraction of sp³-hybridized carbons (Fsp3) is 0.696. The van der Waals surface area contributed by atoms with E-state index in [1.807, 2.05) is 26.0 Å². The first-order valence-corrected chi connectivity index (χ1v) is 10.3. The van der Waals surface area contributed by atoms with Gasteiger partial charge in [-0.2, -0.15) is 0 Å². The van der Waals surface area contributed by atoms with Gasteiger partial charge in [0.15, 0.2) is 0 Å². The zero-order valence-corrected chi connectivity index (χ0v) is 16.6. The number of hydrogen-bond acceptors (Lipinski definition) is 3. The maximum Gasteiger partial charge on any atom is 0.303 e. The van der Waals surface area contributed by atoms with Crippen molar-refractivity contribution in [3.8, 4) is 11.8 Å². The molecule has 4 nitrogen and oxygen atoms in total. The normalized spacial score (nSPS) is 29.6. The van der Waals surface area contributed by atoms with E-state index in [2.05, 4.69) is 17.9 Å². The van der Waals surface area contributed by atoms with E-state index in [0.717, 1.165) is 32.1 Å². The molecule has 0 radical (unpaired) electrons. The monoisotopic (exact) mass is 374 g/mol. The van der Waals surface area contributed by atoms with Crippen molar-refractivity contribution in [3.05, 3.63) is 23.8 Å². The van der Waals surface area contributed by atoms with Crippen LogP contribution in [-0.4, -0.2) is 33.5 Å². The average Bonchev–Trinajstić information content (AvgIpc) is 2.93. The summed E-state index contributed by atoms with van der Waals surface area (Å²) in [5.41, 5.74) is 1.34. The SMILES string of the molecule is CCC#CCC(C)C(O)/C=C\[C@H]1[C@H]2CCC(CCCC(=O)O)=C[C@@H]2C[C@@H]1O. The van der Waals surface area contributed by atoms with Crippen LogP contribution in [0.1, 0.15) is 65.2 Å². The van der Waals surface area contributed by atoms with Crippen molar-refractivity contribution in [2.45, 2.75) is 77.4 Å². The molecule has 2 rings (SSSR count). The Hall–Kier alpha value is -1.57. The van der Waals surface area contributed by atoms with Gasteiger partial charge in [0.05, 0.1) is 12.2 Å². The molecule has 150 valence electrons. The number of rotatable bonds is 8. The first-order valence-electron chi connectivity index (χ1n) is 10.3. The molecule has 0 saturated heterocycles.